The van der Waals surface area contributed by atoms with Gasteiger partial charge in [-0.05, 0) is 25.0 Å². The highest BCUT2D eigenvalue weighted by atomic mass is 19.1. The molecule has 0 unspecified atom stereocenters. The van der Waals surface area contributed by atoms with Crippen LogP contribution in [-0.4, -0.2) is 33.7 Å². The Labute approximate surface area is 98.0 Å². The maximum absolute atomic E-state index is 12.9. The monoisotopic (exact) mass is 235 g/mol. The van der Waals surface area contributed by atoms with E-state index in [4.69, 9.17) is 0 Å². The minimum absolute atomic E-state index is 0.315. The smallest absolute Gasteiger partial charge is 0.243 e. The molecule has 6 heteroatoms. The van der Waals surface area contributed by atoms with Gasteiger partial charge in [0.1, 0.15) is 5.82 Å². The van der Waals surface area contributed by atoms with E-state index in [0.29, 0.717) is 17.6 Å². The average Bonchev–Trinajstić information content (AvgIpc) is 3.04. The van der Waals surface area contributed by atoms with Gasteiger partial charge in [-0.1, -0.05) is 0 Å². The molecule has 3 rings (SSSR count). The topological polar surface area (TPSA) is 54.2 Å². The average molecular weight is 235 g/mol. The zero-order valence-electron chi connectivity index (χ0n) is 9.36. The number of hydrogen-bond acceptors (Lipinski definition) is 4. The number of hydrogen-bond donors (Lipinski definition) is 2. The van der Waals surface area contributed by atoms with Crippen molar-refractivity contribution in [1.82, 2.24) is 19.9 Å². The number of halogens is 1. The largest absolute Gasteiger partial charge is 0.352 e. The number of pyridine rings is 1. The van der Waals surface area contributed by atoms with E-state index in [1.54, 1.807) is 6.07 Å². The molecule has 0 atom stereocenters. The van der Waals surface area contributed by atoms with Crippen LogP contribution in [0.15, 0.2) is 18.3 Å². The van der Waals surface area contributed by atoms with Crippen LogP contribution in [0.5, 0.6) is 0 Å². The second-order valence-corrected chi connectivity index (χ2v) is 4.24. The Hall–Kier alpha value is -1.69. The first kappa shape index (κ1) is 10.5. The third-order valence-electron chi connectivity index (χ3n) is 2.71. The number of anilines is 1. The second kappa shape index (κ2) is 4.29. The van der Waals surface area contributed by atoms with Crippen LogP contribution in [0.2, 0.25) is 0 Å². The summed E-state index contributed by atoms with van der Waals surface area (Å²) in [6.45, 7) is 1.67. The quantitative estimate of drug-likeness (QED) is 0.760. The lowest BCUT2D eigenvalue weighted by molar-refractivity contribution is 0.614. The van der Waals surface area contributed by atoms with Crippen LogP contribution in [-0.2, 0) is 0 Å². The third-order valence-corrected chi connectivity index (χ3v) is 2.71. The van der Waals surface area contributed by atoms with E-state index in [-0.39, 0.29) is 5.82 Å². The molecule has 0 aromatic carbocycles. The van der Waals surface area contributed by atoms with E-state index >= 15 is 0 Å². The fourth-order valence-electron chi connectivity index (χ4n) is 1.67. The van der Waals surface area contributed by atoms with Crippen molar-refractivity contribution in [3.63, 3.8) is 0 Å². The summed E-state index contributed by atoms with van der Waals surface area (Å²) in [6, 6.07) is 3.69. The van der Waals surface area contributed by atoms with E-state index in [9.17, 15) is 4.39 Å². The molecule has 1 aliphatic rings. The number of aromatic nitrogens is 3. The van der Waals surface area contributed by atoms with Crippen molar-refractivity contribution in [1.29, 1.82) is 0 Å². The van der Waals surface area contributed by atoms with Crippen LogP contribution in [0.25, 0.3) is 5.65 Å². The molecule has 5 nitrogen and oxygen atoms in total. The Morgan fingerprint density at radius 3 is 3.06 bits per heavy atom. The predicted molar refractivity (Wildman–Crippen MR) is 62.5 cm³/mol. The number of nitrogens with one attached hydrogen (secondary N) is 2. The first-order valence-corrected chi connectivity index (χ1v) is 5.80. The van der Waals surface area contributed by atoms with Crippen molar-refractivity contribution in [3.8, 4) is 0 Å². The Morgan fingerprint density at radius 1 is 1.35 bits per heavy atom. The fourth-order valence-corrected chi connectivity index (χ4v) is 1.67. The summed E-state index contributed by atoms with van der Waals surface area (Å²) >= 11 is 0. The molecule has 0 radical (unpaired) electrons. The molecular formula is C11H14FN5. The molecule has 2 aromatic heterocycles. The molecule has 0 spiro atoms. The summed E-state index contributed by atoms with van der Waals surface area (Å²) in [5.41, 5.74) is 0.643. The van der Waals surface area contributed by atoms with Gasteiger partial charge in [0.2, 0.25) is 5.95 Å². The maximum Gasteiger partial charge on any atom is 0.243 e. The van der Waals surface area contributed by atoms with Gasteiger partial charge in [0, 0.05) is 19.1 Å². The minimum atomic E-state index is -0.315. The second-order valence-electron chi connectivity index (χ2n) is 4.24. The molecule has 1 fully saturated rings. The minimum Gasteiger partial charge on any atom is -0.352 e. The van der Waals surface area contributed by atoms with Gasteiger partial charge in [-0.3, -0.25) is 0 Å². The van der Waals surface area contributed by atoms with Gasteiger partial charge in [-0.15, -0.1) is 5.10 Å². The number of fused-ring (bicyclic) bond motifs is 1. The highest BCUT2D eigenvalue weighted by Gasteiger charge is 2.19. The van der Waals surface area contributed by atoms with Gasteiger partial charge in [-0.2, -0.15) is 4.98 Å². The number of rotatable bonds is 5. The zero-order chi connectivity index (χ0) is 11.7. The summed E-state index contributed by atoms with van der Waals surface area (Å²) < 4.78 is 14.4. The maximum atomic E-state index is 12.9. The molecule has 2 N–H and O–H groups in total. The van der Waals surface area contributed by atoms with Crippen molar-refractivity contribution in [2.75, 3.05) is 18.4 Å². The zero-order valence-corrected chi connectivity index (χ0v) is 9.36. The molecule has 0 saturated heterocycles. The van der Waals surface area contributed by atoms with Crippen molar-refractivity contribution in [2.24, 2.45) is 0 Å². The fraction of sp³-hybridized carbons (Fsp3) is 0.455. The molecule has 2 heterocycles. The Balaban J connectivity index is 1.60. The van der Waals surface area contributed by atoms with Gasteiger partial charge in [-0.25, -0.2) is 8.91 Å². The van der Waals surface area contributed by atoms with Crippen LogP contribution in [0.1, 0.15) is 12.8 Å². The first-order chi connectivity index (χ1) is 8.31. The molecular weight excluding hydrogens is 221 g/mol. The lowest BCUT2D eigenvalue weighted by Gasteiger charge is -2.02. The Bertz CT molecular complexity index is 520. The van der Waals surface area contributed by atoms with Crippen LogP contribution >= 0.6 is 0 Å². The van der Waals surface area contributed by atoms with Crippen molar-refractivity contribution >= 4 is 11.6 Å². The Morgan fingerprint density at radius 2 is 2.24 bits per heavy atom. The van der Waals surface area contributed by atoms with Crippen molar-refractivity contribution in [2.45, 2.75) is 18.9 Å². The molecule has 2 aromatic rings. The van der Waals surface area contributed by atoms with E-state index in [2.05, 4.69) is 20.7 Å². The van der Waals surface area contributed by atoms with Gasteiger partial charge in [0.15, 0.2) is 5.65 Å². The van der Waals surface area contributed by atoms with Gasteiger partial charge in [0.25, 0.3) is 0 Å². The lowest BCUT2D eigenvalue weighted by atomic mass is 10.5. The number of nitrogens with zero attached hydrogens (tertiary/aromatic N) is 3. The van der Waals surface area contributed by atoms with Crippen LogP contribution in [0, 0.1) is 5.82 Å². The van der Waals surface area contributed by atoms with Crippen LogP contribution in [0.4, 0.5) is 10.3 Å². The van der Waals surface area contributed by atoms with E-state index < -0.39 is 0 Å². The molecule has 90 valence electrons. The SMILES string of the molecule is Fc1ccc2nc(NCCNC3CC3)nn2c1. The molecule has 0 bridgehead atoms. The molecule has 0 aliphatic heterocycles. The normalized spacial score (nSPS) is 15.4. The molecule has 17 heavy (non-hydrogen) atoms. The van der Waals surface area contributed by atoms with E-state index in [1.165, 1.54) is 29.6 Å². The highest BCUT2D eigenvalue weighted by molar-refractivity contribution is 5.42. The third kappa shape index (κ3) is 2.52. The van der Waals surface area contributed by atoms with Gasteiger partial charge >= 0.3 is 0 Å². The van der Waals surface area contributed by atoms with Crippen molar-refractivity contribution < 1.29 is 4.39 Å². The summed E-state index contributed by atoms with van der Waals surface area (Å²) in [4.78, 5) is 4.23. The van der Waals surface area contributed by atoms with E-state index in [1.807, 2.05) is 0 Å². The highest BCUT2D eigenvalue weighted by Crippen LogP contribution is 2.17. The summed E-state index contributed by atoms with van der Waals surface area (Å²) in [6.07, 6.45) is 3.88. The summed E-state index contributed by atoms with van der Waals surface area (Å²) in [7, 11) is 0. The van der Waals surface area contributed by atoms with E-state index in [0.717, 1.165) is 13.1 Å². The summed E-state index contributed by atoms with van der Waals surface area (Å²) in [5.74, 6) is 0.220. The van der Waals surface area contributed by atoms with Gasteiger partial charge in [0.05, 0.1) is 6.20 Å². The molecule has 1 saturated carbocycles. The lowest BCUT2D eigenvalue weighted by Crippen LogP contribution is -2.24. The molecule has 0 amide bonds. The predicted octanol–water partition coefficient (Wildman–Crippen LogP) is 1.03. The standard InChI is InChI=1S/C11H14FN5/c12-8-1-4-10-15-11(16-17(10)7-8)14-6-5-13-9-2-3-9/h1,4,7,9,13H,2-3,5-6H2,(H,14,16). The van der Waals surface area contributed by atoms with Crippen molar-refractivity contribution in [3.05, 3.63) is 24.1 Å². The molecule has 1 aliphatic carbocycles. The Kier molecular flexibility index (Phi) is 2.64. The first-order valence-electron chi connectivity index (χ1n) is 5.80. The van der Waals surface area contributed by atoms with Crippen LogP contribution < -0.4 is 10.6 Å². The summed E-state index contributed by atoms with van der Waals surface area (Å²) in [5, 5.41) is 10.6. The van der Waals surface area contributed by atoms with Crippen LogP contribution in [0.3, 0.4) is 0 Å². The van der Waals surface area contributed by atoms with Gasteiger partial charge < -0.3 is 10.6 Å².